The number of aromatic nitrogens is 3. The number of nitrogens with two attached hydrogens (primary N) is 1. The van der Waals surface area contributed by atoms with E-state index in [2.05, 4.69) is 20.4 Å². The van der Waals surface area contributed by atoms with Crippen LogP contribution in [0.5, 0.6) is 5.75 Å². The predicted octanol–water partition coefficient (Wildman–Crippen LogP) is 3.44. The van der Waals surface area contributed by atoms with Gasteiger partial charge in [-0.2, -0.15) is 5.10 Å². The molecule has 0 aliphatic carbocycles. The molecule has 3 rings (SSSR count). The fourth-order valence-electron chi connectivity index (χ4n) is 2.53. The Morgan fingerprint density at radius 1 is 1.19 bits per heavy atom. The highest BCUT2D eigenvalue weighted by Gasteiger charge is 2.05. The van der Waals surface area contributed by atoms with Crippen LogP contribution in [-0.2, 0) is 6.54 Å². The lowest BCUT2D eigenvalue weighted by atomic mass is 10.3. The molecule has 0 spiro atoms. The molecule has 0 unspecified atom stereocenters. The molecule has 0 bridgehead atoms. The summed E-state index contributed by atoms with van der Waals surface area (Å²) in [7, 11) is 1.63. The van der Waals surface area contributed by atoms with E-state index in [0.717, 1.165) is 34.2 Å². The first-order valence-corrected chi connectivity index (χ1v) is 8.25. The van der Waals surface area contributed by atoms with Crippen LogP contribution in [-0.4, -0.2) is 27.8 Å². The molecule has 3 aromatic rings. The molecule has 2 aromatic heterocycles. The van der Waals surface area contributed by atoms with Crippen LogP contribution in [0.3, 0.4) is 0 Å². The first-order valence-electron chi connectivity index (χ1n) is 8.25. The Morgan fingerprint density at radius 3 is 2.48 bits per heavy atom. The van der Waals surface area contributed by atoms with Gasteiger partial charge in [0.2, 0.25) is 0 Å². The Kier molecular flexibility index (Phi) is 7.17. The third-order valence-corrected chi connectivity index (χ3v) is 3.83. The maximum absolute atomic E-state index is 5.94. The van der Waals surface area contributed by atoms with Gasteiger partial charge in [-0.25, -0.2) is 14.7 Å². The Hall–Kier alpha value is -2.62. The number of benzene rings is 1. The van der Waals surface area contributed by atoms with E-state index in [-0.39, 0.29) is 24.0 Å². The summed E-state index contributed by atoms with van der Waals surface area (Å²) in [5.41, 5.74) is 9.78. The van der Waals surface area contributed by atoms with Crippen molar-refractivity contribution in [3.8, 4) is 11.6 Å². The molecular formula is C19H23IN6O. The number of aliphatic imine (C=N–C) groups is 1. The summed E-state index contributed by atoms with van der Waals surface area (Å²) in [6, 6.07) is 13.4. The number of ether oxygens (including phenoxy) is 1. The van der Waals surface area contributed by atoms with E-state index in [1.165, 1.54) is 0 Å². The molecule has 0 saturated heterocycles. The molecule has 27 heavy (non-hydrogen) atoms. The van der Waals surface area contributed by atoms with E-state index in [1.807, 2.05) is 61.0 Å². The van der Waals surface area contributed by atoms with Gasteiger partial charge in [0.25, 0.3) is 0 Å². The van der Waals surface area contributed by atoms with E-state index < -0.39 is 0 Å². The minimum Gasteiger partial charge on any atom is -0.497 e. The van der Waals surface area contributed by atoms with Gasteiger partial charge in [0.05, 0.1) is 19.3 Å². The summed E-state index contributed by atoms with van der Waals surface area (Å²) in [4.78, 5) is 8.81. The first kappa shape index (κ1) is 20.7. The number of guanidine groups is 1. The number of anilines is 1. The van der Waals surface area contributed by atoms with Crippen molar-refractivity contribution >= 4 is 35.6 Å². The first-order chi connectivity index (χ1) is 12.5. The Balaban J connectivity index is 0.00000261. The molecule has 0 aliphatic heterocycles. The van der Waals surface area contributed by atoms with Crippen LogP contribution in [0.15, 0.2) is 53.7 Å². The van der Waals surface area contributed by atoms with E-state index >= 15 is 0 Å². The second-order valence-corrected chi connectivity index (χ2v) is 5.92. The average molecular weight is 478 g/mol. The zero-order valence-corrected chi connectivity index (χ0v) is 17.8. The molecule has 2 heterocycles. The average Bonchev–Trinajstić information content (AvgIpc) is 2.99. The highest BCUT2D eigenvalue weighted by Crippen LogP contribution is 2.15. The Labute approximate surface area is 175 Å². The monoisotopic (exact) mass is 478 g/mol. The maximum Gasteiger partial charge on any atom is 0.193 e. The lowest BCUT2D eigenvalue weighted by molar-refractivity contribution is 0.415. The molecule has 1 aromatic carbocycles. The fraction of sp³-hybridized carbons (Fsp3) is 0.211. The molecular weight excluding hydrogens is 455 g/mol. The van der Waals surface area contributed by atoms with Crippen molar-refractivity contribution in [1.29, 1.82) is 0 Å². The van der Waals surface area contributed by atoms with Gasteiger partial charge >= 0.3 is 0 Å². The summed E-state index contributed by atoms with van der Waals surface area (Å²) in [6.07, 6.45) is 1.79. The van der Waals surface area contributed by atoms with Crippen LogP contribution in [0.1, 0.15) is 17.0 Å². The second-order valence-electron chi connectivity index (χ2n) is 5.92. The van der Waals surface area contributed by atoms with Crippen molar-refractivity contribution in [1.82, 2.24) is 14.8 Å². The molecule has 142 valence electrons. The molecule has 0 fully saturated rings. The van der Waals surface area contributed by atoms with Gasteiger partial charge in [0.15, 0.2) is 11.8 Å². The van der Waals surface area contributed by atoms with Crippen LogP contribution < -0.4 is 15.8 Å². The van der Waals surface area contributed by atoms with Gasteiger partial charge in [0.1, 0.15) is 5.75 Å². The predicted molar refractivity (Wildman–Crippen MR) is 118 cm³/mol. The summed E-state index contributed by atoms with van der Waals surface area (Å²) in [5.74, 6) is 1.92. The standard InChI is InChI=1S/C19H22N6O.HI/c1-13-10-14(2)25(24-13)18-9-4-15(11-21-18)12-22-19(20)23-16-5-7-17(26-3)8-6-16;/h4-11H,12H2,1-3H3,(H3,20,22,23);1H. The van der Waals surface area contributed by atoms with Gasteiger partial charge < -0.3 is 15.8 Å². The largest absolute Gasteiger partial charge is 0.497 e. The van der Waals surface area contributed by atoms with Crippen molar-refractivity contribution in [2.24, 2.45) is 10.7 Å². The summed E-state index contributed by atoms with van der Waals surface area (Å²) < 4.78 is 6.95. The van der Waals surface area contributed by atoms with Crippen molar-refractivity contribution < 1.29 is 4.74 Å². The highest BCUT2D eigenvalue weighted by atomic mass is 127. The Bertz CT molecular complexity index is 903. The van der Waals surface area contributed by atoms with Gasteiger partial charge in [-0.15, -0.1) is 24.0 Å². The number of nitrogens with one attached hydrogen (secondary N) is 1. The third kappa shape index (κ3) is 5.43. The van der Waals surface area contributed by atoms with Crippen LogP contribution in [0.4, 0.5) is 5.69 Å². The van der Waals surface area contributed by atoms with Crippen molar-refractivity contribution in [2.45, 2.75) is 20.4 Å². The second kappa shape index (κ2) is 9.36. The van der Waals surface area contributed by atoms with Crippen LogP contribution in [0, 0.1) is 13.8 Å². The van der Waals surface area contributed by atoms with Gasteiger partial charge in [0, 0.05) is 17.6 Å². The minimum atomic E-state index is 0. The molecule has 0 amide bonds. The molecule has 0 aliphatic rings. The SMILES string of the molecule is COc1ccc(NC(N)=NCc2ccc(-n3nc(C)cc3C)nc2)cc1.I. The molecule has 3 N–H and O–H groups in total. The van der Waals surface area contributed by atoms with Crippen molar-refractivity contribution in [2.75, 3.05) is 12.4 Å². The smallest absolute Gasteiger partial charge is 0.193 e. The number of methoxy groups -OCH3 is 1. The van der Waals surface area contributed by atoms with Gasteiger partial charge in [-0.3, -0.25) is 0 Å². The number of pyridine rings is 1. The van der Waals surface area contributed by atoms with Crippen LogP contribution in [0.25, 0.3) is 5.82 Å². The fourth-order valence-corrected chi connectivity index (χ4v) is 2.53. The zero-order valence-electron chi connectivity index (χ0n) is 15.5. The number of hydrogen-bond donors (Lipinski definition) is 2. The third-order valence-electron chi connectivity index (χ3n) is 3.83. The van der Waals surface area contributed by atoms with Crippen LogP contribution in [0.2, 0.25) is 0 Å². The molecule has 8 heteroatoms. The van der Waals surface area contributed by atoms with Crippen molar-refractivity contribution in [3.05, 3.63) is 65.6 Å². The molecule has 0 atom stereocenters. The van der Waals surface area contributed by atoms with E-state index in [1.54, 1.807) is 13.3 Å². The van der Waals surface area contributed by atoms with E-state index in [9.17, 15) is 0 Å². The number of hydrogen-bond acceptors (Lipinski definition) is 4. The topological polar surface area (TPSA) is 90.3 Å². The number of nitrogens with zero attached hydrogens (tertiary/aromatic N) is 4. The number of halogens is 1. The summed E-state index contributed by atoms with van der Waals surface area (Å²) in [5, 5.41) is 7.48. The lowest BCUT2D eigenvalue weighted by Crippen LogP contribution is -2.22. The quantitative estimate of drug-likeness (QED) is 0.333. The van der Waals surface area contributed by atoms with Crippen LogP contribution >= 0.6 is 24.0 Å². The molecule has 7 nitrogen and oxygen atoms in total. The van der Waals surface area contributed by atoms with Gasteiger partial charge in [-0.05, 0) is 55.8 Å². The number of rotatable bonds is 5. The highest BCUT2D eigenvalue weighted by molar-refractivity contribution is 14.0. The lowest BCUT2D eigenvalue weighted by Gasteiger charge is -2.07. The summed E-state index contributed by atoms with van der Waals surface area (Å²) >= 11 is 0. The normalized spacial score (nSPS) is 11.0. The van der Waals surface area contributed by atoms with E-state index in [4.69, 9.17) is 10.5 Å². The summed E-state index contributed by atoms with van der Waals surface area (Å²) in [6.45, 7) is 4.41. The molecule has 0 saturated carbocycles. The molecule has 0 radical (unpaired) electrons. The zero-order chi connectivity index (χ0) is 18.5. The van der Waals surface area contributed by atoms with Gasteiger partial charge in [-0.1, -0.05) is 6.07 Å². The minimum absolute atomic E-state index is 0. The number of aryl methyl sites for hydroxylation is 2. The van der Waals surface area contributed by atoms with Crippen molar-refractivity contribution in [3.63, 3.8) is 0 Å². The maximum atomic E-state index is 5.94. The van der Waals surface area contributed by atoms with E-state index in [0.29, 0.717) is 12.5 Å². The Morgan fingerprint density at radius 2 is 1.93 bits per heavy atom.